The van der Waals surface area contributed by atoms with Gasteiger partial charge in [-0.25, -0.2) is 0 Å². The van der Waals surface area contributed by atoms with E-state index in [2.05, 4.69) is 56.2 Å². The molecule has 0 bridgehead atoms. The molecular weight excluding hydrogens is 336 g/mol. The van der Waals surface area contributed by atoms with Gasteiger partial charge in [-0.3, -0.25) is 0 Å². The summed E-state index contributed by atoms with van der Waals surface area (Å²) in [4.78, 5) is 2.30. The number of anilines is 1. The van der Waals surface area contributed by atoms with Gasteiger partial charge in [0, 0.05) is 44.1 Å². The zero-order chi connectivity index (χ0) is 18.2. The van der Waals surface area contributed by atoms with E-state index in [4.69, 9.17) is 4.74 Å². The van der Waals surface area contributed by atoms with Crippen molar-refractivity contribution in [1.82, 2.24) is 14.8 Å². The van der Waals surface area contributed by atoms with Crippen LogP contribution in [-0.2, 0) is 6.54 Å². The Labute approximate surface area is 160 Å². The lowest BCUT2D eigenvalue weighted by molar-refractivity contribution is 0.173. The number of ether oxygens (including phenoxy) is 1. The van der Waals surface area contributed by atoms with Crippen molar-refractivity contribution in [1.29, 1.82) is 0 Å². The van der Waals surface area contributed by atoms with Crippen molar-refractivity contribution in [2.24, 2.45) is 5.92 Å². The maximum atomic E-state index is 6.43. The Kier molecular flexibility index (Phi) is 4.23. The molecule has 1 saturated heterocycles. The number of aryl methyl sites for hydroxylation is 1. The molecule has 2 fully saturated rings. The van der Waals surface area contributed by atoms with Crippen LogP contribution in [0.15, 0.2) is 42.6 Å². The maximum absolute atomic E-state index is 6.43. The zero-order valence-corrected chi connectivity index (χ0v) is 15.8. The van der Waals surface area contributed by atoms with Crippen LogP contribution in [0.25, 0.3) is 10.9 Å². The fraction of sp³-hybridized carbons (Fsp3) is 0.455. The second-order valence-electron chi connectivity index (χ2n) is 7.94. The molecule has 0 spiro atoms. The van der Waals surface area contributed by atoms with Crippen LogP contribution < -0.4 is 9.64 Å². The normalized spacial score (nSPS) is 18.2. The van der Waals surface area contributed by atoms with Crippen molar-refractivity contribution in [2.75, 3.05) is 18.0 Å². The molecule has 0 amide bonds. The Bertz CT molecular complexity index is 921. The van der Waals surface area contributed by atoms with Crippen LogP contribution in [0.5, 0.6) is 5.75 Å². The molecule has 0 radical (unpaired) electrons. The van der Waals surface area contributed by atoms with Crippen LogP contribution in [0.2, 0.25) is 0 Å². The molecule has 0 unspecified atom stereocenters. The van der Waals surface area contributed by atoms with E-state index in [-0.39, 0.29) is 6.10 Å². The quantitative estimate of drug-likeness (QED) is 0.682. The van der Waals surface area contributed by atoms with Gasteiger partial charge in [-0.2, -0.15) is 5.10 Å². The molecule has 5 nitrogen and oxygen atoms in total. The number of fused-ring (bicyclic) bond motifs is 1. The molecule has 27 heavy (non-hydrogen) atoms. The Morgan fingerprint density at radius 3 is 2.59 bits per heavy atom. The highest BCUT2D eigenvalue weighted by atomic mass is 16.5. The minimum atomic E-state index is 0.261. The van der Waals surface area contributed by atoms with Crippen molar-refractivity contribution in [3.8, 4) is 5.75 Å². The van der Waals surface area contributed by atoms with Gasteiger partial charge in [0.05, 0.1) is 11.2 Å². The van der Waals surface area contributed by atoms with Crippen LogP contribution >= 0.6 is 0 Å². The summed E-state index contributed by atoms with van der Waals surface area (Å²) >= 11 is 0. The molecule has 140 valence electrons. The second-order valence-corrected chi connectivity index (χ2v) is 7.94. The number of rotatable bonds is 5. The van der Waals surface area contributed by atoms with Gasteiger partial charge < -0.3 is 14.2 Å². The first-order valence-electron chi connectivity index (χ1n) is 10.1. The fourth-order valence-electron chi connectivity index (χ4n) is 3.98. The summed E-state index contributed by atoms with van der Waals surface area (Å²) in [6.07, 6.45) is 7.24. The van der Waals surface area contributed by atoms with Crippen molar-refractivity contribution >= 4 is 16.7 Å². The summed E-state index contributed by atoms with van der Waals surface area (Å²) in [5.41, 5.74) is 2.26. The largest absolute Gasteiger partial charge is 0.490 e. The summed E-state index contributed by atoms with van der Waals surface area (Å²) in [6.45, 7) is 5.03. The highest BCUT2D eigenvalue weighted by Crippen LogP contribution is 2.34. The molecule has 5 heteroatoms. The van der Waals surface area contributed by atoms with Crippen molar-refractivity contribution < 1.29 is 4.74 Å². The first-order chi connectivity index (χ1) is 13.3. The van der Waals surface area contributed by atoms with E-state index in [1.165, 1.54) is 23.7 Å². The van der Waals surface area contributed by atoms with E-state index in [1.54, 1.807) is 0 Å². The van der Waals surface area contributed by atoms with Crippen LogP contribution in [-0.4, -0.2) is 34.0 Å². The topological polar surface area (TPSA) is 43.2 Å². The van der Waals surface area contributed by atoms with Gasteiger partial charge in [0.15, 0.2) is 5.82 Å². The Morgan fingerprint density at radius 1 is 1.00 bits per heavy atom. The van der Waals surface area contributed by atoms with Crippen LogP contribution in [0.1, 0.15) is 31.4 Å². The number of hydrogen-bond acceptors (Lipinski definition) is 4. The summed E-state index contributed by atoms with van der Waals surface area (Å²) in [7, 11) is 0. The minimum Gasteiger partial charge on any atom is -0.490 e. The highest BCUT2D eigenvalue weighted by molar-refractivity contribution is 5.86. The lowest BCUT2D eigenvalue weighted by Crippen LogP contribution is -2.38. The third kappa shape index (κ3) is 3.51. The molecule has 2 aromatic heterocycles. The monoisotopic (exact) mass is 362 g/mol. The average molecular weight is 362 g/mol. The van der Waals surface area contributed by atoms with E-state index in [9.17, 15) is 0 Å². The van der Waals surface area contributed by atoms with Crippen molar-refractivity contribution in [2.45, 2.75) is 45.3 Å². The maximum Gasteiger partial charge on any atom is 0.151 e. The van der Waals surface area contributed by atoms with Gasteiger partial charge in [0.25, 0.3) is 0 Å². The van der Waals surface area contributed by atoms with E-state index in [0.29, 0.717) is 0 Å². The Morgan fingerprint density at radius 2 is 1.85 bits per heavy atom. The smallest absolute Gasteiger partial charge is 0.151 e. The van der Waals surface area contributed by atoms with E-state index < -0.39 is 0 Å². The summed E-state index contributed by atoms with van der Waals surface area (Å²) in [6, 6.07) is 12.7. The third-order valence-corrected chi connectivity index (χ3v) is 5.77. The Balaban J connectivity index is 1.26. The van der Waals surface area contributed by atoms with E-state index in [1.807, 2.05) is 13.0 Å². The number of nitrogens with zero attached hydrogens (tertiary/aromatic N) is 4. The van der Waals surface area contributed by atoms with Gasteiger partial charge in [0.1, 0.15) is 11.9 Å². The minimum absolute atomic E-state index is 0.261. The number of piperidine rings is 1. The van der Waals surface area contributed by atoms with Gasteiger partial charge in [-0.1, -0.05) is 6.07 Å². The van der Waals surface area contributed by atoms with Crippen LogP contribution in [0, 0.1) is 12.8 Å². The third-order valence-electron chi connectivity index (χ3n) is 5.77. The summed E-state index contributed by atoms with van der Waals surface area (Å²) < 4.78 is 8.82. The van der Waals surface area contributed by atoms with Gasteiger partial charge >= 0.3 is 0 Å². The summed E-state index contributed by atoms with van der Waals surface area (Å²) in [5, 5.41) is 9.73. The summed E-state index contributed by atoms with van der Waals surface area (Å²) in [5.74, 6) is 2.87. The molecule has 1 aliphatic carbocycles. The molecule has 2 aliphatic rings. The highest BCUT2D eigenvalue weighted by Gasteiger charge is 2.24. The standard InChI is InChI=1S/C22H26N4O/c1-16-5-8-22(24-23-16)25-12-9-18(10-13-25)27-21-4-2-3-20-19(21)11-14-26(20)15-17-6-7-17/h2-5,8,11,14,17-18H,6-7,9-10,12-13,15H2,1H3. The SMILES string of the molecule is Cc1ccc(N2CCC(Oc3cccc4c3ccn4CC3CC3)CC2)nn1. The molecule has 0 N–H and O–H groups in total. The van der Waals surface area contributed by atoms with Gasteiger partial charge in [-0.15, -0.1) is 5.10 Å². The molecule has 1 aliphatic heterocycles. The van der Waals surface area contributed by atoms with Crippen molar-refractivity contribution in [3.63, 3.8) is 0 Å². The van der Waals surface area contributed by atoms with Gasteiger partial charge in [-0.05, 0) is 56.0 Å². The second kappa shape index (κ2) is 6.87. The fourth-order valence-corrected chi connectivity index (χ4v) is 3.98. The lowest BCUT2D eigenvalue weighted by Gasteiger charge is -2.32. The average Bonchev–Trinajstić information content (AvgIpc) is 3.42. The predicted octanol–water partition coefficient (Wildman–Crippen LogP) is 4.20. The molecule has 5 rings (SSSR count). The van der Waals surface area contributed by atoms with E-state index >= 15 is 0 Å². The lowest BCUT2D eigenvalue weighted by atomic mass is 10.1. The number of benzene rings is 1. The molecule has 3 heterocycles. The number of aromatic nitrogens is 3. The molecule has 1 saturated carbocycles. The number of hydrogen-bond donors (Lipinski definition) is 0. The van der Waals surface area contributed by atoms with Crippen LogP contribution in [0.3, 0.4) is 0 Å². The van der Waals surface area contributed by atoms with Crippen molar-refractivity contribution in [3.05, 3.63) is 48.3 Å². The molecule has 1 aromatic carbocycles. The van der Waals surface area contributed by atoms with E-state index in [0.717, 1.165) is 55.7 Å². The predicted molar refractivity (Wildman–Crippen MR) is 107 cm³/mol. The first-order valence-corrected chi connectivity index (χ1v) is 10.1. The van der Waals surface area contributed by atoms with Gasteiger partial charge in [0.2, 0.25) is 0 Å². The zero-order valence-electron chi connectivity index (χ0n) is 15.8. The van der Waals surface area contributed by atoms with Crippen LogP contribution in [0.4, 0.5) is 5.82 Å². The molecular formula is C22H26N4O. The molecule has 3 aromatic rings. The first kappa shape index (κ1) is 16.6. The molecule has 0 atom stereocenters. The Hall–Kier alpha value is -2.56.